The summed E-state index contributed by atoms with van der Waals surface area (Å²) in [6.45, 7) is 0. The quantitative estimate of drug-likeness (QED) is 0.309. The normalized spacial score (nSPS) is 0. The third-order valence-corrected chi connectivity index (χ3v) is 0. The van der Waals surface area contributed by atoms with Gasteiger partial charge in [-0.05, 0) is 0 Å². The maximum Gasteiger partial charge on any atom is 1.00 e. The van der Waals surface area contributed by atoms with Crippen LogP contribution in [-0.4, -0.2) is 17.4 Å². The van der Waals surface area contributed by atoms with Crippen molar-refractivity contribution in [2.45, 2.75) is 0 Å². The fraction of sp³-hybridized carbons (Fsp3) is 0. The van der Waals surface area contributed by atoms with Gasteiger partial charge < -0.3 is 1.43 Å². The summed E-state index contributed by atoms with van der Waals surface area (Å²) < 4.78 is 0. The zero-order valence-electron chi connectivity index (χ0n) is 2.71. The van der Waals surface area contributed by atoms with E-state index in [0.29, 0.717) is 0 Å². The van der Waals surface area contributed by atoms with Gasteiger partial charge in [-0.15, -0.1) is 0 Å². The molecule has 0 aromatic carbocycles. The van der Waals surface area contributed by atoms with Gasteiger partial charge >= 0.3 is 18.9 Å². The van der Waals surface area contributed by atoms with E-state index in [2.05, 4.69) is 0 Å². The summed E-state index contributed by atoms with van der Waals surface area (Å²) >= 11 is 0. The predicted octanol–water partition coefficient (Wildman–Crippen LogP) is -4.07. The summed E-state index contributed by atoms with van der Waals surface area (Å²) in [5.74, 6) is 0. The molecule has 0 saturated carbocycles. The Bertz CT molecular complexity index is 11.6. The molecule has 0 N–H and O–H groups in total. The largest absolute Gasteiger partial charge is 1.00 e. The summed E-state index contributed by atoms with van der Waals surface area (Å²) in [7, 11) is 0. The fourth-order valence-electron chi connectivity index (χ4n) is 0. The molecule has 4 heteroatoms. The van der Waals surface area contributed by atoms with Crippen LogP contribution in [0.1, 0.15) is 1.43 Å². The number of hydrogen-bond donors (Lipinski definition) is 0. The second-order valence-electron chi connectivity index (χ2n) is 0. The molecular formula is H4AlCoLiMn. The standard InChI is InChI=1S/Al.Co.Li.Mn.4H/q;;+1;;;;;-1. The van der Waals surface area contributed by atoms with E-state index in [4.69, 9.17) is 0 Å². The van der Waals surface area contributed by atoms with Crippen molar-refractivity contribution in [3.8, 4) is 0 Å². The maximum atomic E-state index is 0. The second kappa shape index (κ2) is 19.2. The van der Waals surface area contributed by atoms with E-state index in [1.54, 1.807) is 0 Å². The van der Waals surface area contributed by atoms with Crippen LogP contribution in [0.15, 0.2) is 0 Å². The van der Waals surface area contributed by atoms with Crippen molar-refractivity contribution in [2.24, 2.45) is 0 Å². The zero-order chi connectivity index (χ0) is 0. The Morgan fingerprint density at radius 2 is 1.25 bits per heavy atom. The Labute approximate surface area is 70.9 Å². The van der Waals surface area contributed by atoms with E-state index in [1.165, 1.54) is 0 Å². The first-order valence-corrected chi connectivity index (χ1v) is 0. The van der Waals surface area contributed by atoms with Gasteiger partial charge in [0.1, 0.15) is 0 Å². The molecule has 0 aliphatic rings. The molecule has 0 spiro atoms. The van der Waals surface area contributed by atoms with Gasteiger partial charge in [-0.25, -0.2) is 0 Å². The Morgan fingerprint density at radius 1 is 1.25 bits per heavy atom. The van der Waals surface area contributed by atoms with Crippen LogP contribution in [0.5, 0.6) is 0 Å². The van der Waals surface area contributed by atoms with E-state index in [-0.39, 0.29) is 71.5 Å². The molecule has 2 radical (unpaired) electrons. The van der Waals surface area contributed by atoms with Gasteiger partial charge in [-0.1, -0.05) is 0 Å². The summed E-state index contributed by atoms with van der Waals surface area (Å²) in [5.41, 5.74) is 0. The molecule has 0 saturated heterocycles. The Kier molecular flexibility index (Phi) is 169. The Balaban J connectivity index is 0. The molecule has 0 nitrogen and oxygen atoms in total. The molecule has 0 rings (SSSR count). The smallest absolute Gasteiger partial charge is 1.00 e. The first kappa shape index (κ1) is 35.2. The molecule has 0 bridgehead atoms. The Hall–Kier alpha value is 2.16. The third-order valence-electron chi connectivity index (χ3n) is 0. The topological polar surface area (TPSA) is 0 Å². The van der Waals surface area contributed by atoms with Crippen LogP contribution in [0.2, 0.25) is 0 Å². The minimum absolute atomic E-state index is 0. The van der Waals surface area contributed by atoms with Crippen molar-refractivity contribution < 1.29 is 54.1 Å². The van der Waals surface area contributed by atoms with Crippen molar-refractivity contribution in [1.82, 2.24) is 0 Å². The summed E-state index contributed by atoms with van der Waals surface area (Å²) in [6, 6.07) is 0. The molecule has 0 unspecified atom stereocenters. The number of rotatable bonds is 0. The first-order valence-electron chi connectivity index (χ1n) is 0. The average Bonchev–Trinajstić information content (AvgIpc) is 0. The fourth-order valence-corrected chi connectivity index (χ4v) is 0. The van der Waals surface area contributed by atoms with Crippen LogP contribution in [0.25, 0.3) is 0 Å². The zero-order valence-corrected chi connectivity index (χ0v) is 3.93. The molecule has 0 aromatic rings. The van der Waals surface area contributed by atoms with Crippen molar-refractivity contribution in [1.29, 1.82) is 0 Å². The van der Waals surface area contributed by atoms with E-state index in [9.17, 15) is 0 Å². The van der Waals surface area contributed by atoms with Crippen LogP contribution < -0.4 is 18.9 Å². The van der Waals surface area contributed by atoms with Crippen LogP contribution in [0.4, 0.5) is 0 Å². The summed E-state index contributed by atoms with van der Waals surface area (Å²) in [6.07, 6.45) is 0. The van der Waals surface area contributed by atoms with Crippen molar-refractivity contribution in [3.63, 3.8) is 0 Å². The monoisotopic (exact) mass is 152 g/mol. The van der Waals surface area contributed by atoms with E-state index in [1.807, 2.05) is 0 Å². The first-order chi connectivity index (χ1) is 0. The SMILES string of the molecule is [AlH3].[Co].[H-].[Li+].[Mn]. The molecule has 0 aliphatic heterocycles. The minimum atomic E-state index is 0. The van der Waals surface area contributed by atoms with Crippen LogP contribution in [-0.2, 0) is 33.8 Å². The van der Waals surface area contributed by atoms with E-state index in [0.717, 1.165) is 0 Å². The predicted molar refractivity (Wildman–Crippen MR) is 11.1 cm³/mol. The molecule has 24 valence electrons. The van der Waals surface area contributed by atoms with Crippen LogP contribution >= 0.6 is 0 Å². The molecule has 0 aromatic heterocycles. The summed E-state index contributed by atoms with van der Waals surface area (Å²) in [4.78, 5) is 0. The molecule has 4 heavy (non-hydrogen) atoms. The van der Waals surface area contributed by atoms with Crippen molar-refractivity contribution >= 4 is 17.4 Å². The average molecular weight is 152 g/mol. The van der Waals surface area contributed by atoms with Gasteiger partial charge in [0.2, 0.25) is 0 Å². The summed E-state index contributed by atoms with van der Waals surface area (Å²) in [5, 5.41) is 0. The minimum Gasteiger partial charge on any atom is -1.00 e. The van der Waals surface area contributed by atoms with E-state index < -0.39 is 0 Å². The molecule has 0 amide bonds. The van der Waals surface area contributed by atoms with Gasteiger partial charge in [0.05, 0.1) is 0 Å². The third kappa shape index (κ3) is 8.91. The van der Waals surface area contributed by atoms with Gasteiger partial charge in [-0.3, -0.25) is 0 Å². The van der Waals surface area contributed by atoms with Gasteiger partial charge in [0.25, 0.3) is 0 Å². The molecular weight excluding hydrogens is 148 g/mol. The second-order valence-corrected chi connectivity index (χ2v) is 0. The molecule has 0 heterocycles. The molecule has 0 fully saturated rings. The van der Waals surface area contributed by atoms with Gasteiger partial charge in [-0.2, -0.15) is 0 Å². The van der Waals surface area contributed by atoms with Gasteiger partial charge in [0, 0.05) is 33.8 Å². The Morgan fingerprint density at radius 3 is 1.25 bits per heavy atom. The number of hydrogen-bond acceptors (Lipinski definition) is 0. The van der Waals surface area contributed by atoms with E-state index >= 15 is 0 Å². The maximum absolute atomic E-state index is 0. The van der Waals surface area contributed by atoms with Crippen LogP contribution in [0.3, 0.4) is 0 Å². The van der Waals surface area contributed by atoms with Crippen molar-refractivity contribution in [3.05, 3.63) is 0 Å². The molecule has 0 aliphatic carbocycles. The van der Waals surface area contributed by atoms with Crippen molar-refractivity contribution in [2.75, 3.05) is 0 Å². The molecule has 0 atom stereocenters. The van der Waals surface area contributed by atoms with Gasteiger partial charge in [0.15, 0.2) is 17.4 Å². The van der Waals surface area contributed by atoms with Crippen LogP contribution in [0, 0.1) is 0 Å².